The number of hydrogen-bond acceptors (Lipinski definition) is 14. The lowest BCUT2D eigenvalue weighted by molar-refractivity contribution is -0.277. The Labute approximate surface area is 225 Å². The molecule has 0 unspecified atom stereocenters. The third-order valence-corrected chi connectivity index (χ3v) is 7.04. The molecule has 5 rings (SSSR count). The first-order valence-electron chi connectivity index (χ1n) is 12.3. The van der Waals surface area contributed by atoms with Crippen molar-refractivity contribution in [2.24, 2.45) is 0 Å². The molecular weight excluding hydrogens is 536 g/mol. The third kappa shape index (κ3) is 4.89. The van der Waals surface area contributed by atoms with Crippen molar-refractivity contribution in [3.63, 3.8) is 0 Å². The normalized spacial score (nSPS) is 32.7. The number of aromatic hydroxyl groups is 2. The smallest absolute Gasteiger partial charge is 0.229 e. The maximum atomic E-state index is 13.0. The molecule has 0 bridgehead atoms. The van der Waals surface area contributed by atoms with Crippen molar-refractivity contribution in [2.75, 3.05) is 13.2 Å². The second kappa shape index (κ2) is 10.9. The summed E-state index contributed by atoms with van der Waals surface area (Å²) in [5.74, 6) is -1.07. The summed E-state index contributed by atoms with van der Waals surface area (Å²) < 4.78 is 21.9. The van der Waals surface area contributed by atoms with Crippen LogP contribution in [0.25, 0.3) is 22.3 Å². The van der Waals surface area contributed by atoms with Gasteiger partial charge in [0.25, 0.3) is 0 Å². The molecule has 2 aromatic carbocycles. The number of fused-ring (bicyclic) bond motifs is 1. The highest BCUT2D eigenvalue weighted by atomic mass is 16.7. The summed E-state index contributed by atoms with van der Waals surface area (Å²) >= 11 is 0. The molecule has 2 aliphatic heterocycles. The predicted octanol–water partition coefficient (Wildman–Crippen LogP) is -1.80. The molecular formula is C26H28O14. The molecule has 3 aromatic rings. The first-order valence-corrected chi connectivity index (χ1v) is 12.3. The van der Waals surface area contributed by atoms with Gasteiger partial charge in [-0.15, -0.1) is 0 Å². The van der Waals surface area contributed by atoms with E-state index in [0.29, 0.717) is 5.56 Å². The van der Waals surface area contributed by atoms with Gasteiger partial charge in [-0.1, -0.05) is 0 Å². The third-order valence-electron chi connectivity index (χ3n) is 7.04. The van der Waals surface area contributed by atoms with Crippen LogP contribution in [0.15, 0.2) is 45.6 Å². The molecule has 2 aliphatic rings. The predicted molar refractivity (Wildman–Crippen MR) is 132 cm³/mol. The summed E-state index contributed by atoms with van der Waals surface area (Å²) in [7, 11) is 0. The molecule has 9 atom stereocenters. The second-order valence-corrected chi connectivity index (χ2v) is 9.65. The number of rotatable bonds is 5. The van der Waals surface area contributed by atoms with Gasteiger partial charge in [0.2, 0.25) is 6.29 Å². The summed E-state index contributed by atoms with van der Waals surface area (Å²) in [6.45, 7) is -1.000. The van der Waals surface area contributed by atoms with Gasteiger partial charge in [-0.2, -0.15) is 0 Å². The lowest BCUT2D eigenvalue weighted by atomic mass is 9.92. The lowest BCUT2D eigenvalue weighted by Gasteiger charge is -2.39. The number of phenols is 2. The van der Waals surface area contributed by atoms with Gasteiger partial charge in [0.1, 0.15) is 82.8 Å². The minimum atomic E-state index is -1.70. The molecule has 3 heterocycles. The minimum absolute atomic E-state index is 0.0518. The summed E-state index contributed by atoms with van der Waals surface area (Å²) in [6, 6.07) is 8.03. The highest BCUT2D eigenvalue weighted by Gasteiger charge is 2.45. The Balaban J connectivity index is 1.41. The zero-order valence-electron chi connectivity index (χ0n) is 20.6. The van der Waals surface area contributed by atoms with Gasteiger partial charge < -0.3 is 64.6 Å². The van der Waals surface area contributed by atoms with Gasteiger partial charge in [-0.25, -0.2) is 0 Å². The van der Waals surface area contributed by atoms with E-state index in [1.165, 1.54) is 24.3 Å². The Kier molecular flexibility index (Phi) is 7.71. The molecule has 40 heavy (non-hydrogen) atoms. The molecule has 0 spiro atoms. The largest absolute Gasteiger partial charge is 0.507 e. The van der Waals surface area contributed by atoms with Crippen molar-refractivity contribution in [3.8, 4) is 28.6 Å². The monoisotopic (exact) mass is 564 g/mol. The molecule has 0 saturated carbocycles. The van der Waals surface area contributed by atoms with Crippen LogP contribution in [-0.4, -0.2) is 108 Å². The zero-order valence-corrected chi connectivity index (χ0v) is 20.6. The van der Waals surface area contributed by atoms with E-state index in [4.69, 9.17) is 18.6 Å². The number of aliphatic hydroxyl groups is 7. The average molecular weight is 564 g/mol. The van der Waals surface area contributed by atoms with Crippen molar-refractivity contribution >= 4 is 11.0 Å². The summed E-state index contributed by atoms with van der Waals surface area (Å²) in [6.07, 6.45) is -13.4. The molecule has 0 radical (unpaired) electrons. The van der Waals surface area contributed by atoms with Crippen LogP contribution < -0.4 is 10.2 Å². The topological polar surface area (TPSA) is 240 Å². The summed E-state index contributed by atoms with van der Waals surface area (Å²) in [4.78, 5) is 13.0. The van der Waals surface area contributed by atoms with Gasteiger partial charge in [0.05, 0.1) is 18.8 Å². The van der Waals surface area contributed by atoms with Crippen molar-refractivity contribution in [2.45, 2.75) is 55.1 Å². The van der Waals surface area contributed by atoms with E-state index in [-0.39, 0.29) is 34.6 Å². The van der Waals surface area contributed by atoms with Gasteiger partial charge in [-0.3, -0.25) is 4.79 Å². The molecule has 14 nitrogen and oxygen atoms in total. The Morgan fingerprint density at radius 1 is 0.875 bits per heavy atom. The maximum Gasteiger partial charge on any atom is 0.229 e. The first kappa shape index (κ1) is 28.2. The van der Waals surface area contributed by atoms with E-state index in [9.17, 15) is 50.8 Å². The van der Waals surface area contributed by atoms with Crippen molar-refractivity contribution in [3.05, 3.63) is 52.2 Å². The van der Waals surface area contributed by atoms with Crippen LogP contribution in [0.3, 0.4) is 0 Å². The molecule has 9 N–H and O–H groups in total. The fourth-order valence-electron chi connectivity index (χ4n) is 4.78. The van der Waals surface area contributed by atoms with Crippen molar-refractivity contribution < 1.29 is 64.6 Å². The second-order valence-electron chi connectivity index (χ2n) is 9.65. The highest BCUT2D eigenvalue weighted by molar-refractivity contribution is 5.88. The number of aliphatic hydroxyl groups excluding tert-OH is 7. The molecule has 14 heteroatoms. The quantitative estimate of drug-likeness (QED) is 0.166. The van der Waals surface area contributed by atoms with Crippen LogP contribution >= 0.6 is 0 Å². The Hall–Kier alpha value is -3.31. The standard InChI is InChI=1S/C26H28O14/c27-7-16-20(32)22(34)24(36)26(40-16)38-10-3-1-9(2-4-10)14-5-11(28)17-15(39-14)6-12(29)18(21(17)33)25-23(35)19(31)13(30)8-37-25/h1-6,13,16,19-20,22-27,29-36H,7-8H2/t13-,16+,19-,20+,22-,23+,24+,25+,26+/m0/s1. The molecule has 0 amide bonds. The van der Waals surface area contributed by atoms with Crippen molar-refractivity contribution in [1.82, 2.24) is 0 Å². The fraction of sp³-hybridized carbons (Fsp3) is 0.423. The van der Waals surface area contributed by atoms with Crippen LogP contribution in [-0.2, 0) is 9.47 Å². The Bertz CT molecular complexity index is 1420. The van der Waals surface area contributed by atoms with E-state index in [2.05, 4.69) is 0 Å². The zero-order chi connectivity index (χ0) is 28.9. The van der Waals surface area contributed by atoms with Gasteiger partial charge in [0.15, 0.2) is 5.43 Å². The van der Waals surface area contributed by atoms with Crippen LogP contribution in [0.4, 0.5) is 0 Å². The Morgan fingerprint density at radius 2 is 1.57 bits per heavy atom. The minimum Gasteiger partial charge on any atom is -0.507 e. The van der Waals surface area contributed by atoms with Gasteiger partial charge >= 0.3 is 0 Å². The van der Waals surface area contributed by atoms with Crippen LogP contribution in [0.2, 0.25) is 0 Å². The number of phenolic OH excluding ortho intramolecular Hbond substituents is 2. The van der Waals surface area contributed by atoms with Crippen LogP contribution in [0.1, 0.15) is 11.7 Å². The highest BCUT2D eigenvalue weighted by Crippen LogP contribution is 2.43. The van der Waals surface area contributed by atoms with E-state index in [1.54, 1.807) is 0 Å². The molecule has 2 saturated heterocycles. The van der Waals surface area contributed by atoms with Gasteiger partial charge in [0, 0.05) is 17.7 Å². The first-order chi connectivity index (χ1) is 19.0. The summed E-state index contributed by atoms with van der Waals surface area (Å²) in [5.41, 5.74) is -0.844. The van der Waals surface area contributed by atoms with Crippen molar-refractivity contribution in [1.29, 1.82) is 0 Å². The van der Waals surface area contributed by atoms with Gasteiger partial charge in [-0.05, 0) is 24.3 Å². The number of hydrogen-bond donors (Lipinski definition) is 9. The SMILES string of the molecule is O=c1cc(-c2ccc(O[C@@H]3O[C@H](CO)[C@@H](O)[C@H](O)[C@H]3O)cc2)oc2cc(O)c([C@H]3OC[C@H](O)[C@H](O)[C@H]3O)c(O)c12. The van der Waals surface area contributed by atoms with Crippen LogP contribution in [0, 0.1) is 0 Å². The van der Waals surface area contributed by atoms with E-state index in [0.717, 1.165) is 12.1 Å². The Morgan fingerprint density at radius 3 is 2.25 bits per heavy atom. The van der Waals surface area contributed by atoms with E-state index < -0.39 is 78.7 Å². The molecule has 0 aliphatic carbocycles. The molecule has 1 aromatic heterocycles. The number of ether oxygens (including phenoxy) is 3. The lowest BCUT2D eigenvalue weighted by Crippen LogP contribution is -2.60. The van der Waals surface area contributed by atoms with Crippen LogP contribution in [0.5, 0.6) is 17.2 Å². The summed E-state index contributed by atoms with van der Waals surface area (Å²) in [5, 5.41) is 90.4. The maximum absolute atomic E-state index is 13.0. The molecule has 216 valence electrons. The molecule has 2 fully saturated rings. The fourth-order valence-corrected chi connectivity index (χ4v) is 4.78. The van der Waals surface area contributed by atoms with E-state index >= 15 is 0 Å². The average Bonchev–Trinajstić information content (AvgIpc) is 2.93. The van der Waals surface area contributed by atoms with E-state index in [1.807, 2.05) is 0 Å². The number of benzene rings is 2.